The fraction of sp³-hybridized carbons (Fsp3) is 0.182. The number of rotatable bonds is 4. The molecule has 0 spiro atoms. The first-order chi connectivity index (χ1) is 8.08. The third kappa shape index (κ3) is 3.12. The number of carbonyl (C=O) groups excluding carboxylic acids is 2. The largest absolute Gasteiger partial charge is 2.00 e. The zero-order chi connectivity index (χ0) is 12.4. The van der Waals surface area contributed by atoms with Gasteiger partial charge < -0.3 is 31.7 Å². The molecule has 0 bridgehead atoms. The van der Waals surface area contributed by atoms with Crippen LogP contribution in [0.2, 0.25) is 0 Å². The Kier molecular flexibility index (Phi) is 4.93. The molecular weight excluding hydrogens is 308 g/mol. The van der Waals surface area contributed by atoms with E-state index in [0.717, 1.165) is 0 Å². The Morgan fingerprint density at radius 1 is 1.39 bits per heavy atom. The maximum atomic E-state index is 10.9. The molecule has 1 unspecified atom stereocenters. The number of oxazole rings is 1. The van der Waals surface area contributed by atoms with Crippen LogP contribution in [-0.4, -0.2) is 16.1 Å². The third-order valence-electron chi connectivity index (χ3n) is 2.26. The average Bonchev–Trinajstić information content (AvgIpc) is 2.68. The van der Waals surface area contributed by atoms with Crippen molar-refractivity contribution in [2.24, 2.45) is 0 Å². The molecule has 1 aromatic heterocycles. The van der Waals surface area contributed by atoms with Crippen LogP contribution in [-0.2, 0) is 41.7 Å². The van der Waals surface area contributed by atoms with Gasteiger partial charge in [-0.15, -0.1) is 0 Å². The Bertz CT molecular complexity index is 550. The number of fused-ring (bicyclic) bond motifs is 1. The molecule has 0 aliphatic carbocycles. The molecule has 0 fully saturated rings. The Morgan fingerprint density at radius 3 is 2.61 bits per heavy atom. The van der Waals surface area contributed by atoms with Crippen molar-refractivity contribution in [3.63, 3.8) is 0 Å². The van der Waals surface area contributed by atoms with E-state index in [9.17, 15) is 14.7 Å². The van der Waals surface area contributed by atoms with E-state index in [1.165, 1.54) is 0 Å². The monoisotopic (exact) mass is 313 g/mol. The van der Waals surface area contributed by atoms with E-state index < -0.39 is 17.0 Å². The first-order valence-electron chi connectivity index (χ1n) is 4.84. The van der Waals surface area contributed by atoms with E-state index in [1.54, 1.807) is 24.3 Å². The molecule has 1 aromatic carbocycles. The van der Waals surface area contributed by atoms with E-state index in [4.69, 9.17) is 4.42 Å². The first-order valence-corrected chi connectivity index (χ1v) is 5.25. The summed E-state index contributed by atoms with van der Waals surface area (Å²) in [6.07, 6.45) is -0.357. The van der Waals surface area contributed by atoms with Gasteiger partial charge >= 0.3 is 19.5 Å². The number of hydrogen-bond donors (Lipinski definition) is 0. The van der Waals surface area contributed by atoms with Crippen LogP contribution in [0.3, 0.4) is 0 Å². The van der Waals surface area contributed by atoms with Crippen LogP contribution >= 0.6 is 0 Å². The van der Waals surface area contributed by atoms with Crippen molar-refractivity contribution in [1.29, 1.82) is 0 Å². The van der Waals surface area contributed by atoms with Gasteiger partial charge in [0.1, 0.15) is 5.52 Å². The summed E-state index contributed by atoms with van der Waals surface area (Å²) in [5.41, 5.74) is 0.996. The molecule has 0 N–H and O–H groups in total. The number of carboxylic acid groups (broad SMARTS) is 1. The van der Waals surface area contributed by atoms with Crippen LogP contribution in [0.5, 0.6) is 0 Å². The van der Waals surface area contributed by atoms with E-state index in [2.05, 4.69) is 17.6 Å². The third-order valence-corrected chi connectivity index (χ3v) is 2.43. The molecule has 0 aliphatic rings. The smallest absolute Gasteiger partial charge is 0.742 e. The van der Waals surface area contributed by atoms with Crippen molar-refractivity contribution in [2.75, 3.05) is 0 Å². The molecule has 0 aliphatic heterocycles. The summed E-state index contributed by atoms with van der Waals surface area (Å²) < 4.78 is 5.26. The van der Waals surface area contributed by atoms with Gasteiger partial charge in [0.25, 0.3) is 0 Å². The molecule has 2 rings (SSSR count). The molecule has 0 amide bonds. The standard InChI is InChI=1S/C11H9NO4S.Zn/c13-9(17)5-6(11(14)15)10-12-7-3-1-2-4-8(7)16-10;/h1-4,6H,5H2,(H,13,17)(H,14,15);/q;+2/p-2. The number of nitrogens with zero attached hydrogens (tertiary/aromatic N) is 1. The van der Waals surface area contributed by atoms with Gasteiger partial charge in [0, 0.05) is 11.5 Å². The van der Waals surface area contributed by atoms with Crippen molar-refractivity contribution < 1.29 is 38.6 Å². The van der Waals surface area contributed by atoms with E-state index in [-0.39, 0.29) is 31.8 Å². The van der Waals surface area contributed by atoms with Crippen molar-refractivity contribution in [1.82, 2.24) is 4.98 Å². The van der Waals surface area contributed by atoms with Gasteiger partial charge in [-0.25, -0.2) is 4.98 Å². The second kappa shape index (κ2) is 6.02. The summed E-state index contributed by atoms with van der Waals surface area (Å²) in [5.74, 6) is -2.70. The minimum atomic E-state index is -1.42. The summed E-state index contributed by atoms with van der Waals surface area (Å²) in [7, 11) is 0. The minimum absolute atomic E-state index is 0. The Hall–Kier alpha value is -1.33. The van der Waals surface area contributed by atoms with Crippen LogP contribution in [0.1, 0.15) is 18.2 Å². The molecule has 18 heavy (non-hydrogen) atoms. The maximum Gasteiger partial charge on any atom is 2.00 e. The molecule has 2 aromatic rings. The van der Waals surface area contributed by atoms with Crippen LogP contribution in [0.15, 0.2) is 28.7 Å². The van der Waals surface area contributed by atoms with Crippen molar-refractivity contribution >= 4 is 34.8 Å². The van der Waals surface area contributed by atoms with Crippen molar-refractivity contribution in [3.8, 4) is 0 Å². The fourth-order valence-corrected chi connectivity index (χ4v) is 1.64. The second-order valence-electron chi connectivity index (χ2n) is 3.47. The van der Waals surface area contributed by atoms with E-state index >= 15 is 0 Å². The molecule has 1 heterocycles. The molecule has 1 atom stereocenters. The summed E-state index contributed by atoms with van der Waals surface area (Å²) in [6.45, 7) is 0. The molecule has 88 valence electrons. The molecule has 0 radical (unpaired) electrons. The van der Waals surface area contributed by atoms with Gasteiger partial charge in [-0.1, -0.05) is 12.1 Å². The summed E-state index contributed by atoms with van der Waals surface area (Å²) in [6, 6.07) is 6.84. The van der Waals surface area contributed by atoms with E-state index in [0.29, 0.717) is 11.1 Å². The SMILES string of the molecule is O=C([S-])CC(C(=O)[O-])c1nc2ccccc2o1.[Zn+2]. The molecule has 5 nitrogen and oxygen atoms in total. The maximum absolute atomic E-state index is 10.9. The summed E-state index contributed by atoms with van der Waals surface area (Å²) >= 11 is 4.36. The van der Waals surface area contributed by atoms with Gasteiger partial charge in [0.2, 0.25) is 5.89 Å². The number of carboxylic acids is 1. The molecular formula is C11H7NO4SZn. The quantitative estimate of drug-likeness (QED) is 0.589. The fourth-order valence-electron chi connectivity index (χ4n) is 1.48. The normalized spacial score (nSPS) is 11.8. The molecule has 0 saturated carbocycles. The Balaban J connectivity index is 0.00000162. The predicted octanol–water partition coefficient (Wildman–Crippen LogP) is 0.122. The zero-order valence-electron chi connectivity index (χ0n) is 9.29. The topological polar surface area (TPSA) is 83.2 Å². The van der Waals surface area contributed by atoms with Crippen LogP contribution in [0.25, 0.3) is 11.1 Å². The Labute approximate surface area is 121 Å². The number of hydrogen-bond acceptors (Lipinski definition) is 6. The predicted molar refractivity (Wildman–Crippen MR) is 58.7 cm³/mol. The first kappa shape index (κ1) is 14.7. The number of para-hydroxylation sites is 2. The van der Waals surface area contributed by atoms with Gasteiger partial charge in [-0.3, -0.25) is 0 Å². The molecule has 0 saturated heterocycles. The van der Waals surface area contributed by atoms with E-state index in [1.807, 2.05) is 0 Å². The van der Waals surface area contributed by atoms with Gasteiger partial charge in [0.15, 0.2) is 5.58 Å². The Morgan fingerprint density at radius 2 is 2.06 bits per heavy atom. The van der Waals surface area contributed by atoms with Gasteiger partial charge in [-0.2, -0.15) is 0 Å². The van der Waals surface area contributed by atoms with Gasteiger partial charge in [0.05, 0.1) is 11.9 Å². The minimum Gasteiger partial charge on any atom is -0.742 e. The zero-order valence-corrected chi connectivity index (χ0v) is 13.1. The second-order valence-corrected chi connectivity index (χ2v) is 3.92. The number of carbonyl (C=O) groups is 2. The van der Waals surface area contributed by atoms with Crippen LogP contribution in [0, 0.1) is 0 Å². The summed E-state index contributed by atoms with van der Waals surface area (Å²) in [5, 5.41) is 10.2. The molecule has 7 heteroatoms. The van der Waals surface area contributed by atoms with Crippen molar-refractivity contribution in [3.05, 3.63) is 30.2 Å². The van der Waals surface area contributed by atoms with Gasteiger partial charge in [-0.05, 0) is 12.1 Å². The average molecular weight is 315 g/mol. The van der Waals surface area contributed by atoms with Crippen LogP contribution in [0.4, 0.5) is 0 Å². The summed E-state index contributed by atoms with van der Waals surface area (Å²) in [4.78, 5) is 25.7. The number of benzene rings is 1. The number of aromatic nitrogens is 1. The van der Waals surface area contributed by atoms with Crippen LogP contribution < -0.4 is 5.11 Å². The van der Waals surface area contributed by atoms with Crippen molar-refractivity contribution in [2.45, 2.75) is 12.3 Å². The number of aliphatic carboxylic acids is 1.